The van der Waals surface area contributed by atoms with Gasteiger partial charge in [0.1, 0.15) is 5.75 Å². The molecule has 2 aromatic heterocycles. The van der Waals surface area contributed by atoms with Gasteiger partial charge in [0, 0.05) is 54.8 Å². The van der Waals surface area contributed by atoms with Crippen molar-refractivity contribution in [2.24, 2.45) is 0 Å². The van der Waals surface area contributed by atoms with E-state index in [0.29, 0.717) is 30.3 Å². The zero-order valence-corrected chi connectivity index (χ0v) is 17.5. The number of benzene rings is 1. The summed E-state index contributed by atoms with van der Waals surface area (Å²) in [5, 5.41) is 1.86. The second kappa shape index (κ2) is 8.42. The van der Waals surface area contributed by atoms with Crippen LogP contribution in [0.25, 0.3) is 4.96 Å². The Balaban J connectivity index is 1.28. The van der Waals surface area contributed by atoms with Gasteiger partial charge in [0.25, 0.3) is 11.5 Å². The fourth-order valence-electron chi connectivity index (χ4n) is 3.12. The van der Waals surface area contributed by atoms with Crippen LogP contribution >= 0.6 is 27.3 Å². The lowest BCUT2D eigenvalue weighted by molar-refractivity contribution is -0.135. The molecule has 0 bridgehead atoms. The molecule has 146 valence electrons. The Bertz CT molecular complexity index is 1030. The van der Waals surface area contributed by atoms with E-state index in [1.807, 2.05) is 34.5 Å². The van der Waals surface area contributed by atoms with Gasteiger partial charge in [-0.15, -0.1) is 11.3 Å². The maximum absolute atomic E-state index is 12.4. The summed E-state index contributed by atoms with van der Waals surface area (Å²) in [6, 6.07) is 9.01. The summed E-state index contributed by atoms with van der Waals surface area (Å²) in [6.45, 7) is 3.42. The lowest BCUT2D eigenvalue weighted by Gasteiger charge is -2.34. The zero-order chi connectivity index (χ0) is 19.5. The molecule has 0 N–H and O–H groups in total. The Morgan fingerprint density at radius 1 is 1.18 bits per heavy atom. The monoisotopic (exact) mass is 462 g/mol. The van der Waals surface area contributed by atoms with Gasteiger partial charge in [0.05, 0.1) is 5.69 Å². The SMILES string of the molecule is O=C(COc1ccc(Br)cc1)N1CCN(Cc2cc(=O)n3ccsc3n2)CC1. The maximum Gasteiger partial charge on any atom is 0.260 e. The van der Waals surface area contributed by atoms with E-state index in [1.54, 1.807) is 16.7 Å². The summed E-state index contributed by atoms with van der Waals surface area (Å²) >= 11 is 4.82. The van der Waals surface area contributed by atoms with Gasteiger partial charge < -0.3 is 9.64 Å². The molecule has 0 spiro atoms. The second-order valence-corrected chi connectivity index (χ2v) is 8.33. The molecule has 0 radical (unpaired) electrons. The van der Waals surface area contributed by atoms with Gasteiger partial charge in [0.15, 0.2) is 11.6 Å². The van der Waals surface area contributed by atoms with Crippen LogP contribution in [0.1, 0.15) is 5.69 Å². The number of ether oxygens (including phenoxy) is 1. The molecule has 3 aromatic rings. The minimum absolute atomic E-state index is 0.0149. The Labute approximate surface area is 174 Å². The van der Waals surface area contributed by atoms with Crippen LogP contribution in [0.15, 0.2) is 51.2 Å². The molecule has 0 atom stereocenters. The van der Waals surface area contributed by atoms with Crippen LogP contribution in [0.5, 0.6) is 5.75 Å². The van der Waals surface area contributed by atoms with E-state index in [4.69, 9.17) is 4.74 Å². The summed E-state index contributed by atoms with van der Waals surface area (Å²) in [5.41, 5.74) is 0.714. The van der Waals surface area contributed by atoms with Crippen LogP contribution in [-0.2, 0) is 11.3 Å². The normalized spacial score (nSPS) is 15.1. The first-order chi connectivity index (χ1) is 13.6. The smallest absolute Gasteiger partial charge is 0.260 e. The summed E-state index contributed by atoms with van der Waals surface area (Å²) in [7, 11) is 0. The first-order valence-electron chi connectivity index (χ1n) is 8.93. The van der Waals surface area contributed by atoms with E-state index in [2.05, 4.69) is 25.8 Å². The third-order valence-corrected chi connectivity index (χ3v) is 5.93. The van der Waals surface area contributed by atoms with Crippen molar-refractivity contribution < 1.29 is 9.53 Å². The summed E-state index contributed by atoms with van der Waals surface area (Å²) in [5.74, 6) is 0.662. The van der Waals surface area contributed by atoms with Gasteiger partial charge in [-0.1, -0.05) is 15.9 Å². The highest BCUT2D eigenvalue weighted by Gasteiger charge is 2.22. The summed E-state index contributed by atoms with van der Waals surface area (Å²) in [4.78, 5) is 33.8. The van der Waals surface area contributed by atoms with Crippen LogP contribution in [0.2, 0.25) is 0 Å². The Morgan fingerprint density at radius 3 is 2.68 bits per heavy atom. The fraction of sp³-hybridized carbons (Fsp3) is 0.316. The molecule has 1 amide bonds. The minimum atomic E-state index is -0.0554. The minimum Gasteiger partial charge on any atom is -0.484 e. The molecule has 1 aromatic carbocycles. The van der Waals surface area contributed by atoms with Crippen LogP contribution in [0.3, 0.4) is 0 Å². The van der Waals surface area contributed by atoms with Crippen LogP contribution in [0, 0.1) is 0 Å². The lowest BCUT2D eigenvalue weighted by atomic mass is 10.2. The predicted molar refractivity (Wildman–Crippen MR) is 111 cm³/mol. The van der Waals surface area contributed by atoms with Gasteiger partial charge in [0.2, 0.25) is 0 Å². The van der Waals surface area contributed by atoms with Gasteiger partial charge in [-0.05, 0) is 24.3 Å². The number of thiazole rings is 1. The molecule has 1 saturated heterocycles. The van der Waals surface area contributed by atoms with Crippen LogP contribution < -0.4 is 10.3 Å². The number of piperazine rings is 1. The Morgan fingerprint density at radius 2 is 1.93 bits per heavy atom. The van der Waals surface area contributed by atoms with Crippen molar-refractivity contribution in [1.29, 1.82) is 0 Å². The maximum atomic E-state index is 12.4. The number of carbonyl (C=O) groups is 1. The molecule has 3 heterocycles. The first kappa shape index (κ1) is 19.1. The van der Waals surface area contributed by atoms with E-state index in [0.717, 1.165) is 23.3 Å². The Kier molecular flexibility index (Phi) is 5.74. The molecule has 1 aliphatic heterocycles. The standard InChI is InChI=1S/C19H19BrN4O3S/c20-14-1-3-16(4-2-14)27-13-18(26)23-7-5-22(6-8-23)12-15-11-17(25)24-9-10-28-19(24)21-15/h1-4,9-11H,5-8,12-13H2. The van der Waals surface area contributed by atoms with Crippen molar-refractivity contribution in [2.75, 3.05) is 32.8 Å². The molecule has 1 fully saturated rings. The van der Waals surface area contributed by atoms with E-state index in [-0.39, 0.29) is 18.1 Å². The first-order valence-corrected chi connectivity index (χ1v) is 10.6. The molecule has 9 heteroatoms. The predicted octanol–water partition coefficient (Wildman–Crippen LogP) is 2.24. The highest BCUT2D eigenvalue weighted by atomic mass is 79.9. The number of aromatic nitrogens is 2. The van der Waals surface area contributed by atoms with Gasteiger partial charge in [-0.3, -0.25) is 18.9 Å². The third-order valence-electron chi connectivity index (χ3n) is 4.64. The second-order valence-electron chi connectivity index (χ2n) is 6.54. The van der Waals surface area contributed by atoms with E-state index < -0.39 is 0 Å². The van der Waals surface area contributed by atoms with Crippen molar-refractivity contribution in [2.45, 2.75) is 6.54 Å². The molecule has 0 saturated carbocycles. The number of amides is 1. The molecule has 1 aliphatic rings. The molecule has 0 unspecified atom stereocenters. The number of hydrogen-bond donors (Lipinski definition) is 0. The highest BCUT2D eigenvalue weighted by molar-refractivity contribution is 9.10. The van der Waals surface area contributed by atoms with E-state index in [1.165, 1.54) is 11.3 Å². The molecular formula is C19H19BrN4O3S. The van der Waals surface area contributed by atoms with Crippen molar-refractivity contribution in [3.63, 3.8) is 0 Å². The lowest BCUT2D eigenvalue weighted by Crippen LogP contribution is -2.49. The van der Waals surface area contributed by atoms with Gasteiger partial charge >= 0.3 is 0 Å². The topological polar surface area (TPSA) is 67.2 Å². The quantitative estimate of drug-likeness (QED) is 0.581. The van der Waals surface area contributed by atoms with Crippen LogP contribution in [0.4, 0.5) is 0 Å². The number of fused-ring (bicyclic) bond motifs is 1. The summed E-state index contributed by atoms with van der Waals surface area (Å²) < 4.78 is 8.10. The number of halogens is 1. The fourth-order valence-corrected chi connectivity index (χ4v) is 4.12. The average Bonchev–Trinajstić information content (AvgIpc) is 3.17. The summed E-state index contributed by atoms with van der Waals surface area (Å²) in [6.07, 6.45) is 1.74. The zero-order valence-electron chi connectivity index (χ0n) is 15.1. The van der Waals surface area contributed by atoms with Gasteiger partial charge in [-0.25, -0.2) is 4.98 Å². The largest absolute Gasteiger partial charge is 0.484 e. The number of rotatable bonds is 5. The number of hydrogen-bond acceptors (Lipinski definition) is 6. The third kappa shape index (κ3) is 4.43. The van der Waals surface area contributed by atoms with Crippen molar-refractivity contribution in [1.82, 2.24) is 19.2 Å². The highest BCUT2D eigenvalue weighted by Crippen LogP contribution is 2.16. The molecule has 4 rings (SSSR count). The van der Waals surface area contributed by atoms with Gasteiger partial charge in [-0.2, -0.15) is 0 Å². The average molecular weight is 463 g/mol. The van der Waals surface area contributed by atoms with E-state index in [9.17, 15) is 9.59 Å². The van der Waals surface area contributed by atoms with Crippen molar-refractivity contribution in [3.8, 4) is 5.75 Å². The van der Waals surface area contributed by atoms with Crippen molar-refractivity contribution >= 4 is 38.1 Å². The Hall–Kier alpha value is -2.23. The number of nitrogens with zero attached hydrogens (tertiary/aromatic N) is 4. The molecule has 7 nitrogen and oxygen atoms in total. The molecule has 0 aliphatic carbocycles. The molecule has 28 heavy (non-hydrogen) atoms. The van der Waals surface area contributed by atoms with Crippen molar-refractivity contribution in [3.05, 3.63) is 62.4 Å². The van der Waals surface area contributed by atoms with Crippen LogP contribution in [-0.4, -0.2) is 57.9 Å². The number of carbonyl (C=O) groups excluding carboxylic acids is 1. The molecular weight excluding hydrogens is 444 g/mol. The van der Waals surface area contributed by atoms with E-state index >= 15 is 0 Å².